The van der Waals surface area contributed by atoms with Crippen LogP contribution in [0.25, 0.3) is 11.0 Å². The molecule has 2 saturated heterocycles. The van der Waals surface area contributed by atoms with Crippen LogP contribution in [0.1, 0.15) is 19.3 Å². The van der Waals surface area contributed by atoms with Gasteiger partial charge in [-0.2, -0.15) is 15.4 Å². The molecule has 1 aromatic heterocycles. The van der Waals surface area contributed by atoms with E-state index in [9.17, 15) is 4.79 Å². The number of likely N-dealkylation sites (N-methyl/N-ethyl adjacent to an activating group) is 1. The highest BCUT2D eigenvalue weighted by Crippen LogP contribution is 2.28. The first-order valence-electron chi connectivity index (χ1n) is 7.79. The molecule has 0 saturated carbocycles. The van der Waals surface area contributed by atoms with Crippen LogP contribution in [-0.2, 0) is 0 Å². The largest absolute Gasteiger partial charge is 0.323 e. The van der Waals surface area contributed by atoms with Crippen LogP contribution >= 0.6 is 0 Å². The van der Waals surface area contributed by atoms with Crippen LogP contribution in [0.2, 0.25) is 0 Å². The molecule has 116 valence electrons. The van der Waals surface area contributed by atoms with Crippen molar-refractivity contribution in [2.24, 2.45) is 0 Å². The number of anilines is 1. The number of aromatic amines is 1. The minimum absolute atomic E-state index is 0.0243. The van der Waals surface area contributed by atoms with Crippen molar-refractivity contribution in [2.45, 2.75) is 31.3 Å². The van der Waals surface area contributed by atoms with Gasteiger partial charge in [-0.1, -0.05) is 0 Å². The van der Waals surface area contributed by atoms with Crippen LogP contribution in [0.15, 0.2) is 18.2 Å². The lowest BCUT2D eigenvalue weighted by atomic mass is 10.1. The summed E-state index contributed by atoms with van der Waals surface area (Å²) in [5.41, 5.74) is 2.31. The summed E-state index contributed by atoms with van der Waals surface area (Å²) in [6.45, 7) is 1.63. The van der Waals surface area contributed by atoms with Crippen molar-refractivity contribution in [1.29, 1.82) is 0 Å². The molecule has 1 aromatic carbocycles. The molecule has 0 unspecified atom stereocenters. The molecule has 2 aromatic rings. The summed E-state index contributed by atoms with van der Waals surface area (Å²) in [7, 11) is 2.18. The zero-order valence-electron chi connectivity index (χ0n) is 12.6. The van der Waals surface area contributed by atoms with E-state index >= 15 is 0 Å². The van der Waals surface area contributed by atoms with Crippen molar-refractivity contribution in [3.63, 3.8) is 0 Å². The Balaban J connectivity index is 1.47. The standard InChI is InChI=1S/C15H20N6O/c1-20-11-3-4-12(20)9-21(7-6-11)15(22)16-10-2-5-13-14(8-10)18-19-17-13/h2,5,8,11-12H,3-4,6-7,9H2,1H3,(H,16,22)(H,17,18,19)/t11-,12+/m1/s1. The number of urea groups is 1. The quantitative estimate of drug-likeness (QED) is 0.839. The van der Waals surface area contributed by atoms with Gasteiger partial charge in [0.1, 0.15) is 11.0 Å². The van der Waals surface area contributed by atoms with Crippen molar-refractivity contribution < 1.29 is 4.79 Å². The number of fused-ring (bicyclic) bond motifs is 3. The summed E-state index contributed by atoms with van der Waals surface area (Å²) in [5.74, 6) is 0. The molecule has 2 aliphatic rings. The number of likely N-dealkylation sites (tertiary alicyclic amines) is 1. The number of benzene rings is 1. The third kappa shape index (κ3) is 2.31. The average molecular weight is 300 g/mol. The van der Waals surface area contributed by atoms with E-state index in [1.165, 1.54) is 12.8 Å². The number of nitrogens with zero attached hydrogens (tertiary/aromatic N) is 4. The molecule has 2 aliphatic heterocycles. The molecule has 2 amide bonds. The Morgan fingerprint density at radius 1 is 1.23 bits per heavy atom. The first-order chi connectivity index (χ1) is 10.7. The summed E-state index contributed by atoms with van der Waals surface area (Å²) in [6, 6.07) is 6.66. The first-order valence-corrected chi connectivity index (χ1v) is 7.79. The second kappa shape index (κ2) is 5.24. The Bertz CT molecular complexity index is 698. The Kier molecular flexibility index (Phi) is 3.22. The third-order valence-corrected chi connectivity index (χ3v) is 5.00. The average Bonchev–Trinajstić information content (AvgIpc) is 3.03. The molecular weight excluding hydrogens is 280 g/mol. The Morgan fingerprint density at radius 3 is 2.95 bits per heavy atom. The van der Waals surface area contributed by atoms with Gasteiger partial charge in [0, 0.05) is 30.9 Å². The molecule has 2 bridgehead atoms. The predicted octanol–water partition coefficient (Wildman–Crippen LogP) is 1.66. The topological polar surface area (TPSA) is 77.1 Å². The minimum Gasteiger partial charge on any atom is -0.323 e. The van der Waals surface area contributed by atoms with E-state index in [2.05, 4.69) is 32.7 Å². The number of nitrogens with one attached hydrogen (secondary N) is 2. The molecule has 2 fully saturated rings. The van der Waals surface area contributed by atoms with E-state index in [1.807, 2.05) is 23.1 Å². The van der Waals surface area contributed by atoms with Gasteiger partial charge in [0.05, 0.1) is 0 Å². The molecule has 0 radical (unpaired) electrons. The molecule has 0 aliphatic carbocycles. The summed E-state index contributed by atoms with van der Waals surface area (Å²) in [6.07, 6.45) is 3.51. The molecule has 2 atom stereocenters. The number of aromatic nitrogens is 3. The SMILES string of the molecule is CN1[C@@H]2CC[C@H]1CN(C(=O)Nc1ccc3n[nH]nc3c1)CC2. The number of hydrogen-bond acceptors (Lipinski definition) is 4. The molecule has 0 spiro atoms. The molecule has 4 rings (SSSR count). The fourth-order valence-corrected chi connectivity index (χ4v) is 3.61. The predicted molar refractivity (Wildman–Crippen MR) is 83.7 cm³/mol. The van der Waals surface area contributed by atoms with E-state index in [0.717, 1.165) is 36.2 Å². The smallest absolute Gasteiger partial charge is 0.321 e. The maximum Gasteiger partial charge on any atom is 0.321 e. The van der Waals surface area contributed by atoms with Gasteiger partial charge in [0.15, 0.2) is 0 Å². The first kappa shape index (κ1) is 13.5. The number of carbonyl (C=O) groups excluding carboxylic acids is 1. The molecule has 22 heavy (non-hydrogen) atoms. The van der Waals surface area contributed by atoms with E-state index in [1.54, 1.807) is 0 Å². The van der Waals surface area contributed by atoms with Crippen molar-refractivity contribution in [1.82, 2.24) is 25.2 Å². The molecular formula is C15H20N6O. The second-order valence-corrected chi connectivity index (χ2v) is 6.24. The highest BCUT2D eigenvalue weighted by atomic mass is 16.2. The van der Waals surface area contributed by atoms with Crippen LogP contribution in [0.5, 0.6) is 0 Å². The van der Waals surface area contributed by atoms with Crippen LogP contribution in [0.3, 0.4) is 0 Å². The fraction of sp³-hybridized carbons (Fsp3) is 0.533. The minimum atomic E-state index is -0.0243. The Hall–Kier alpha value is -2.15. The number of H-pyrrole nitrogens is 1. The van der Waals surface area contributed by atoms with Gasteiger partial charge in [-0.05, 0) is 44.5 Å². The van der Waals surface area contributed by atoms with Crippen LogP contribution in [-0.4, -0.2) is 63.5 Å². The number of carbonyl (C=O) groups is 1. The van der Waals surface area contributed by atoms with Crippen LogP contribution in [0.4, 0.5) is 10.5 Å². The summed E-state index contributed by atoms with van der Waals surface area (Å²) in [5, 5.41) is 13.6. The highest BCUT2D eigenvalue weighted by Gasteiger charge is 2.35. The maximum atomic E-state index is 12.5. The molecule has 7 nitrogen and oxygen atoms in total. The van der Waals surface area contributed by atoms with E-state index in [-0.39, 0.29) is 6.03 Å². The van der Waals surface area contributed by atoms with Gasteiger partial charge in [-0.25, -0.2) is 4.79 Å². The zero-order chi connectivity index (χ0) is 15.1. The number of rotatable bonds is 1. The fourth-order valence-electron chi connectivity index (χ4n) is 3.61. The van der Waals surface area contributed by atoms with Crippen LogP contribution < -0.4 is 5.32 Å². The second-order valence-electron chi connectivity index (χ2n) is 6.24. The maximum absolute atomic E-state index is 12.5. The Morgan fingerprint density at radius 2 is 2.05 bits per heavy atom. The van der Waals surface area contributed by atoms with Gasteiger partial charge < -0.3 is 10.2 Å². The normalized spacial score (nSPS) is 25.4. The van der Waals surface area contributed by atoms with Crippen molar-refractivity contribution in [2.75, 3.05) is 25.5 Å². The lowest BCUT2D eigenvalue weighted by Gasteiger charge is -2.26. The van der Waals surface area contributed by atoms with Gasteiger partial charge in [-0.3, -0.25) is 4.90 Å². The van der Waals surface area contributed by atoms with E-state index in [0.29, 0.717) is 12.1 Å². The van der Waals surface area contributed by atoms with Crippen molar-refractivity contribution >= 4 is 22.8 Å². The van der Waals surface area contributed by atoms with Gasteiger partial charge in [0.25, 0.3) is 0 Å². The van der Waals surface area contributed by atoms with Crippen LogP contribution in [0, 0.1) is 0 Å². The number of amides is 2. The number of hydrogen-bond donors (Lipinski definition) is 2. The van der Waals surface area contributed by atoms with Gasteiger partial charge in [-0.15, -0.1) is 0 Å². The van der Waals surface area contributed by atoms with E-state index < -0.39 is 0 Å². The van der Waals surface area contributed by atoms with Crippen molar-refractivity contribution in [3.05, 3.63) is 18.2 Å². The highest BCUT2D eigenvalue weighted by molar-refractivity contribution is 5.91. The van der Waals surface area contributed by atoms with Gasteiger partial charge in [0.2, 0.25) is 0 Å². The summed E-state index contributed by atoms with van der Waals surface area (Å²) in [4.78, 5) is 16.9. The van der Waals surface area contributed by atoms with Crippen molar-refractivity contribution in [3.8, 4) is 0 Å². The van der Waals surface area contributed by atoms with Gasteiger partial charge >= 0.3 is 6.03 Å². The Labute approximate surface area is 128 Å². The third-order valence-electron chi connectivity index (χ3n) is 5.00. The lowest BCUT2D eigenvalue weighted by Crippen LogP contribution is -2.41. The lowest BCUT2D eigenvalue weighted by molar-refractivity contribution is 0.200. The summed E-state index contributed by atoms with van der Waals surface area (Å²) >= 11 is 0. The zero-order valence-corrected chi connectivity index (χ0v) is 12.6. The summed E-state index contributed by atoms with van der Waals surface area (Å²) < 4.78 is 0. The molecule has 3 heterocycles. The molecule has 2 N–H and O–H groups in total. The monoisotopic (exact) mass is 300 g/mol. The molecule has 7 heteroatoms. The van der Waals surface area contributed by atoms with E-state index in [4.69, 9.17) is 0 Å².